The lowest BCUT2D eigenvalue weighted by Gasteiger charge is -2.33. The van der Waals surface area contributed by atoms with Crippen molar-refractivity contribution in [1.29, 1.82) is 0 Å². The molecule has 0 N–H and O–H groups in total. The molecule has 1 aromatic carbocycles. The molecular formula is C17H22BrNO2. The van der Waals surface area contributed by atoms with Crippen LogP contribution in [0.25, 0.3) is 11.1 Å². The van der Waals surface area contributed by atoms with Crippen molar-refractivity contribution in [2.45, 2.75) is 57.3 Å². The number of alkyl halides is 1. The topological polar surface area (TPSA) is 35.1 Å². The summed E-state index contributed by atoms with van der Waals surface area (Å²) in [6, 6.07) is 6.20. The van der Waals surface area contributed by atoms with E-state index >= 15 is 0 Å². The summed E-state index contributed by atoms with van der Waals surface area (Å²) in [5.74, 6) is -0.262. The predicted molar refractivity (Wildman–Crippen MR) is 89.0 cm³/mol. The Morgan fingerprint density at radius 2 is 2.05 bits per heavy atom. The molecular weight excluding hydrogens is 330 g/mol. The van der Waals surface area contributed by atoms with Crippen molar-refractivity contribution in [3.05, 3.63) is 34.3 Å². The molecule has 0 spiro atoms. The number of hydrogen-bond donors (Lipinski definition) is 0. The van der Waals surface area contributed by atoms with Crippen LogP contribution in [0.4, 0.5) is 0 Å². The fourth-order valence-electron chi connectivity index (χ4n) is 3.76. The van der Waals surface area contributed by atoms with Crippen LogP contribution in [-0.2, 0) is 6.54 Å². The molecule has 1 atom stereocenters. The average Bonchev–Trinajstić information content (AvgIpc) is 3.09. The van der Waals surface area contributed by atoms with Gasteiger partial charge in [-0.1, -0.05) is 41.8 Å². The Bertz CT molecular complexity index is 694. The summed E-state index contributed by atoms with van der Waals surface area (Å²) < 4.78 is 7.07. The lowest BCUT2D eigenvalue weighted by molar-refractivity contribution is 0.279. The van der Waals surface area contributed by atoms with Crippen molar-refractivity contribution >= 4 is 27.0 Å². The van der Waals surface area contributed by atoms with E-state index in [1.165, 1.54) is 37.7 Å². The standard InChI is InChI=1S/C17H22BrNO2/c1-3-17(9-5-6-10-17)15(18)12-7-8-13-14(11-12)21-16(20)19(13)4-2/h7-8,11,15H,3-6,9-10H2,1-2H3. The van der Waals surface area contributed by atoms with E-state index in [0.717, 1.165) is 5.52 Å². The minimum atomic E-state index is -0.262. The zero-order valence-electron chi connectivity index (χ0n) is 12.7. The highest BCUT2D eigenvalue weighted by molar-refractivity contribution is 9.09. The molecule has 3 rings (SSSR count). The van der Waals surface area contributed by atoms with Crippen molar-refractivity contribution in [3.8, 4) is 0 Å². The lowest BCUT2D eigenvalue weighted by Crippen LogP contribution is -2.21. The highest BCUT2D eigenvalue weighted by Gasteiger charge is 2.39. The molecule has 21 heavy (non-hydrogen) atoms. The number of rotatable bonds is 4. The SMILES string of the molecule is CCn1c(=O)oc2cc(C(Br)C3(CC)CCCC3)ccc21. The number of aryl methyl sites for hydroxylation is 1. The van der Waals surface area contributed by atoms with Gasteiger partial charge in [-0.25, -0.2) is 4.79 Å². The quantitative estimate of drug-likeness (QED) is 0.724. The second kappa shape index (κ2) is 5.64. The number of fused-ring (bicyclic) bond motifs is 1. The first kappa shape index (κ1) is 14.9. The highest BCUT2D eigenvalue weighted by atomic mass is 79.9. The van der Waals surface area contributed by atoms with Crippen LogP contribution < -0.4 is 5.76 Å². The normalized spacial score (nSPS) is 19.2. The van der Waals surface area contributed by atoms with Gasteiger partial charge >= 0.3 is 5.76 Å². The smallest absolute Gasteiger partial charge is 0.408 e. The Morgan fingerprint density at radius 1 is 1.33 bits per heavy atom. The molecule has 1 saturated carbocycles. The second-order valence-electron chi connectivity index (χ2n) is 6.12. The Morgan fingerprint density at radius 3 is 2.67 bits per heavy atom. The predicted octanol–water partition coefficient (Wildman–Crippen LogP) is 5.02. The van der Waals surface area contributed by atoms with Crippen LogP contribution in [0.3, 0.4) is 0 Å². The third kappa shape index (κ3) is 2.37. The first-order valence-electron chi connectivity index (χ1n) is 7.88. The number of benzene rings is 1. The Labute approximate surface area is 133 Å². The van der Waals surface area contributed by atoms with Crippen LogP contribution in [0.1, 0.15) is 56.3 Å². The Hall–Kier alpha value is -1.03. The van der Waals surface area contributed by atoms with E-state index in [2.05, 4.69) is 28.9 Å². The zero-order chi connectivity index (χ0) is 15.0. The first-order chi connectivity index (χ1) is 10.1. The molecule has 1 fully saturated rings. The molecule has 1 unspecified atom stereocenters. The van der Waals surface area contributed by atoms with Crippen LogP contribution in [0.15, 0.2) is 27.4 Å². The molecule has 1 aromatic heterocycles. The molecule has 1 heterocycles. The van der Waals surface area contributed by atoms with Gasteiger partial charge < -0.3 is 4.42 Å². The van der Waals surface area contributed by atoms with Crippen molar-refractivity contribution < 1.29 is 4.42 Å². The number of nitrogens with zero attached hydrogens (tertiary/aromatic N) is 1. The summed E-state index contributed by atoms with van der Waals surface area (Å²) >= 11 is 3.93. The first-order valence-corrected chi connectivity index (χ1v) is 8.80. The maximum Gasteiger partial charge on any atom is 0.419 e. The van der Waals surface area contributed by atoms with E-state index in [4.69, 9.17) is 4.42 Å². The molecule has 0 saturated heterocycles. The zero-order valence-corrected chi connectivity index (χ0v) is 14.3. The maximum absolute atomic E-state index is 11.8. The molecule has 0 aliphatic heterocycles. The summed E-state index contributed by atoms with van der Waals surface area (Å²) in [7, 11) is 0. The van der Waals surface area contributed by atoms with Gasteiger partial charge in [0.05, 0.1) is 5.52 Å². The van der Waals surface area contributed by atoms with Crippen LogP contribution in [0, 0.1) is 5.41 Å². The minimum Gasteiger partial charge on any atom is -0.408 e. The van der Waals surface area contributed by atoms with E-state index in [-0.39, 0.29) is 5.76 Å². The van der Waals surface area contributed by atoms with E-state index < -0.39 is 0 Å². The van der Waals surface area contributed by atoms with Gasteiger partial charge in [0.25, 0.3) is 0 Å². The third-order valence-electron chi connectivity index (χ3n) is 5.14. The molecule has 2 aromatic rings. The molecule has 0 radical (unpaired) electrons. The molecule has 114 valence electrons. The van der Waals surface area contributed by atoms with E-state index in [0.29, 0.717) is 22.4 Å². The van der Waals surface area contributed by atoms with Crippen LogP contribution >= 0.6 is 15.9 Å². The monoisotopic (exact) mass is 351 g/mol. The second-order valence-corrected chi connectivity index (χ2v) is 7.04. The van der Waals surface area contributed by atoms with Gasteiger partial charge in [0.1, 0.15) is 0 Å². The highest BCUT2D eigenvalue weighted by Crippen LogP contribution is 2.54. The minimum absolute atomic E-state index is 0.262. The Balaban J connectivity index is 2.03. The number of oxazole rings is 1. The molecule has 1 aliphatic rings. The van der Waals surface area contributed by atoms with Crippen LogP contribution in [-0.4, -0.2) is 4.57 Å². The maximum atomic E-state index is 11.8. The van der Waals surface area contributed by atoms with E-state index in [9.17, 15) is 4.79 Å². The van der Waals surface area contributed by atoms with Gasteiger partial charge in [-0.3, -0.25) is 4.57 Å². The van der Waals surface area contributed by atoms with Gasteiger partial charge in [0, 0.05) is 11.4 Å². The van der Waals surface area contributed by atoms with Gasteiger partial charge in [-0.2, -0.15) is 0 Å². The lowest BCUT2D eigenvalue weighted by atomic mass is 9.77. The van der Waals surface area contributed by atoms with Crippen LogP contribution in [0.5, 0.6) is 0 Å². The number of aromatic nitrogens is 1. The number of hydrogen-bond acceptors (Lipinski definition) is 2. The summed E-state index contributed by atoms with van der Waals surface area (Å²) in [5.41, 5.74) is 3.17. The van der Waals surface area contributed by atoms with Crippen molar-refractivity contribution in [2.75, 3.05) is 0 Å². The summed E-state index contributed by atoms with van der Waals surface area (Å²) in [6.45, 7) is 4.88. The van der Waals surface area contributed by atoms with Crippen molar-refractivity contribution in [3.63, 3.8) is 0 Å². The summed E-state index contributed by atoms with van der Waals surface area (Å²) in [4.78, 5) is 12.1. The fraction of sp³-hybridized carbons (Fsp3) is 0.588. The number of halogens is 1. The van der Waals surface area contributed by atoms with Gasteiger partial charge in [0.15, 0.2) is 5.58 Å². The molecule has 0 amide bonds. The molecule has 4 heteroatoms. The van der Waals surface area contributed by atoms with Crippen molar-refractivity contribution in [2.24, 2.45) is 5.41 Å². The molecule has 0 bridgehead atoms. The summed E-state index contributed by atoms with van der Waals surface area (Å²) in [5, 5.41) is 0. The third-order valence-corrected chi connectivity index (χ3v) is 6.64. The van der Waals surface area contributed by atoms with E-state index in [1.54, 1.807) is 4.57 Å². The largest absolute Gasteiger partial charge is 0.419 e. The van der Waals surface area contributed by atoms with E-state index in [1.807, 2.05) is 19.1 Å². The Kier molecular flexibility index (Phi) is 4.00. The van der Waals surface area contributed by atoms with Crippen LogP contribution in [0.2, 0.25) is 0 Å². The molecule has 1 aliphatic carbocycles. The average molecular weight is 352 g/mol. The summed E-state index contributed by atoms with van der Waals surface area (Å²) in [6.07, 6.45) is 6.37. The molecule has 3 nitrogen and oxygen atoms in total. The van der Waals surface area contributed by atoms with Gasteiger partial charge in [-0.05, 0) is 49.3 Å². The fourth-order valence-corrected chi connectivity index (χ4v) is 4.83. The van der Waals surface area contributed by atoms with Crippen molar-refractivity contribution in [1.82, 2.24) is 4.57 Å². The van der Waals surface area contributed by atoms with Gasteiger partial charge in [0.2, 0.25) is 0 Å². The van der Waals surface area contributed by atoms with Gasteiger partial charge in [-0.15, -0.1) is 0 Å².